The summed E-state index contributed by atoms with van der Waals surface area (Å²) in [5.74, 6) is -0.711. The molecule has 0 spiro atoms. The molecule has 0 saturated carbocycles. The van der Waals surface area contributed by atoms with Crippen LogP contribution in [0.15, 0.2) is 0 Å². The lowest BCUT2D eigenvalue weighted by atomic mass is 10.4. The molecular formula is C13H26O20. The van der Waals surface area contributed by atoms with Crippen LogP contribution >= 0.6 is 0 Å². The van der Waals surface area contributed by atoms with Gasteiger partial charge in [0.15, 0.2) is 0 Å². The highest BCUT2D eigenvalue weighted by Crippen LogP contribution is 1.82. The van der Waals surface area contributed by atoms with Crippen molar-refractivity contribution in [2.24, 2.45) is 0 Å². The summed E-state index contributed by atoms with van der Waals surface area (Å²) in [4.78, 5) is 84.8. The Labute approximate surface area is 184 Å². The second kappa shape index (κ2) is 233. The van der Waals surface area contributed by atoms with Gasteiger partial charge in [-0.1, -0.05) is 6.92 Å². The van der Waals surface area contributed by atoms with Crippen molar-refractivity contribution in [1.82, 2.24) is 0 Å². The van der Waals surface area contributed by atoms with Crippen LogP contribution in [0.3, 0.4) is 0 Å². The van der Waals surface area contributed by atoms with Gasteiger partial charge in [-0.15, -0.1) is 0 Å². The molecule has 0 fully saturated rings. The molecule has 0 radical (unpaired) electrons. The first-order valence-electron chi connectivity index (χ1n) is 6.43. The highest BCUT2D eigenvalue weighted by atomic mass is 16.4. The number of hydrogen-bond donors (Lipinski definition) is 10. The Morgan fingerprint density at radius 1 is 0.455 bits per heavy atom. The van der Waals surface area contributed by atoms with Crippen molar-refractivity contribution in [3.63, 3.8) is 0 Å². The van der Waals surface area contributed by atoms with Crippen LogP contribution in [-0.2, 0) is 47.9 Å². The predicted octanol–water partition coefficient (Wildman–Crippen LogP) is -1.82. The lowest BCUT2D eigenvalue weighted by molar-refractivity contribution is -0.137. The van der Waals surface area contributed by atoms with Gasteiger partial charge in [0, 0.05) is 6.42 Å². The quantitative estimate of drug-likeness (QED) is 0.186. The molecule has 0 aliphatic carbocycles. The molecule has 0 saturated heterocycles. The Morgan fingerprint density at radius 3 is 0.545 bits per heavy atom. The van der Waals surface area contributed by atoms with Crippen LogP contribution in [0.1, 0.15) is 19.8 Å². The van der Waals surface area contributed by atoms with Gasteiger partial charge in [-0.2, -0.15) is 0 Å². The highest BCUT2D eigenvalue weighted by Gasteiger charge is 1.87. The van der Waals surface area contributed by atoms with Crippen LogP contribution in [0, 0.1) is 0 Å². The van der Waals surface area contributed by atoms with Crippen LogP contribution < -0.4 is 0 Å². The molecule has 10 N–H and O–H groups in total. The first kappa shape index (κ1) is 63.0. The van der Waals surface area contributed by atoms with E-state index in [1.807, 2.05) is 6.92 Å². The van der Waals surface area contributed by atoms with E-state index in [-0.39, 0.29) is 58.2 Å². The van der Waals surface area contributed by atoms with E-state index < -0.39 is 5.97 Å². The molecule has 0 bridgehead atoms. The van der Waals surface area contributed by atoms with Gasteiger partial charge in [0.25, 0.3) is 58.2 Å². The molecule has 33 heavy (non-hydrogen) atoms. The zero-order chi connectivity index (χ0) is 29.4. The van der Waals surface area contributed by atoms with E-state index in [1.165, 1.54) is 0 Å². The number of carboxylic acid groups (broad SMARTS) is 10. The maximum absolute atomic E-state index is 9.60. The normalized spacial score (nSPS) is 4.76. The molecule has 0 atom stereocenters. The fourth-order valence-corrected chi connectivity index (χ4v) is 0.214. The number of carbonyl (C=O) groups is 10. The second-order valence-electron chi connectivity index (χ2n) is 2.09. The Morgan fingerprint density at radius 2 is 0.545 bits per heavy atom. The van der Waals surface area contributed by atoms with Crippen molar-refractivity contribution >= 4 is 64.2 Å². The Balaban J connectivity index is -0.0000000226. The largest absolute Gasteiger partial charge is 0.483 e. The van der Waals surface area contributed by atoms with Gasteiger partial charge < -0.3 is 51.1 Å². The molecule has 198 valence electrons. The SMILES string of the molecule is CCCC(=O)O.O=CO.O=CO.O=CO.O=CO.O=CO.O=CO.O=CO.O=CO.O=CO. The molecule has 0 aromatic heterocycles. The topological polar surface area (TPSA) is 373 Å². The van der Waals surface area contributed by atoms with E-state index in [2.05, 4.69) is 0 Å². The summed E-state index contributed by atoms with van der Waals surface area (Å²) in [5.41, 5.74) is 0. The van der Waals surface area contributed by atoms with Crippen molar-refractivity contribution in [2.75, 3.05) is 0 Å². The standard InChI is InChI=1S/C4H8O2.9CH2O2/c1-2-3-4(5)6;9*2-1-3/h2-3H2,1H3,(H,5,6);9*1H,(H,2,3). The summed E-state index contributed by atoms with van der Waals surface area (Å²) in [5, 5.41) is 69.9. The summed E-state index contributed by atoms with van der Waals surface area (Å²) in [6.07, 6.45) is 1.02. The molecular weight excluding hydrogens is 476 g/mol. The summed E-state index contributed by atoms with van der Waals surface area (Å²) < 4.78 is 0. The first-order chi connectivity index (χ1) is 15.5. The average molecular weight is 502 g/mol. The Bertz CT molecular complexity index is 283. The van der Waals surface area contributed by atoms with Crippen molar-refractivity contribution in [1.29, 1.82) is 0 Å². The van der Waals surface area contributed by atoms with E-state index in [4.69, 9.17) is 94.2 Å². The van der Waals surface area contributed by atoms with Gasteiger partial charge in [-0.3, -0.25) is 47.9 Å². The summed E-state index contributed by atoms with van der Waals surface area (Å²) in [7, 11) is 0. The fraction of sp³-hybridized carbons (Fsp3) is 0.231. The minimum Gasteiger partial charge on any atom is -0.483 e. The smallest absolute Gasteiger partial charge is 0.303 e. The molecule has 0 aliphatic rings. The average Bonchev–Trinajstić information content (AvgIpc) is 2.67. The highest BCUT2D eigenvalue weighted by molar-refractivity contribution is 5.66. The molecule has 0 aromatic carbocycles. The van der Waals surface area contributed by atoms with Crippen LogP contribution in [-0.4, -0.2) is 115 Å². The Kier molecular flexibility index (Phi) is 445. The van der Waals surface area contributed by atoms with Crippen molar-refractivity contribution in [3.05, 3.63) is 0 Å². The molecule has 20 heteroatoms. The number of rotatable bonds is 2. The number of carboxylic acids is 1. The maximum Gasteiger partial charge on any atom is 0.303 e. The third-order valence-corrected chi connectivity index (χ3v) is 0.464. The van der Waals surface area contributed by atoms with E-state index in [1.54, 1.807) is 0 Å². The predicted molar refractivity (Wildman–Crippen MR) is 101 cm³/mol. The van der Waals surface area contributed by atoms with Gasteiger partial charge in [0.05, 0.1) is 0 Å². The van der Waals surface area contributed by atoms with Gasteiger partial charge in [0.2, 0.25) is 0 Å². The lowest BCUT2D eigenvalue weighted by Gasteiger charge is -1.79. The van der Waals surface area contributed by atoms with E-state index >= 15 is 0 Å². The lowest BCUT2D eigenvalue weighted by Crippen LogP contribution is -1.90. The van der Waals surface area contributed by atoms with E-state index in [9.17, 15) is 4.79 Å². The summed E-state index contributed by atoms with van der Waals surface area (Å²) >= 11 is 0. The van der Waals surface area contributed by atoms with Crippen molar-refractivity contribution in [2.45, 2.75) is 19.8 Å². The molecule has 20 nitrogen and oxygen atoms in total. The fourth-order valence-electron chi connectivity index (χ4n) is 0.214. The zero-order valence-corrected chi connectivity index (χ0v) is 16.7. The number of aliphatic carboxylic acids is 1. The third-order valence-electron chi connectivity index (χ3n) is 0.464. The van der Waals surface area contributed by atoms with Crippen LogP contribution in [0.2, 0.25) is 0 Å². The minimum atomic E-state index is -0.711. The molecule has 0 aromatic rings. The molecule has 0 aliphatic heterocycles. The molecule has 0 amide bonds. The monoisotopic (exact) mass is 502 g/mol. The maximum atomic E-state index is 9.60. The third kappa shape index (κ3) is 3080. The van der Waals surface area contributed by atoms with E-state index in [0.717, 1.165) is 6.42 Å². The van der Waals surface area contributed by atoms with Gasteiger partial charge in [0.1, 0.15) is 0 Å². The van der Waals surface area contributed by atoms with Crippen molar-refractivity contribution in [3.8, 4) is 0 Å². The van der Waals surface area contributed by atoms with Crippen molar-refractivity contribution < 1.29 is 99.0 Å². The van der Waals surface area contributed by atoms with Crippen LogP contribution in [0.4, 0.5) is 0 Å². The van der Waals surface area contributed by atoms with Gasteiger partial charge in [-0.25, -0.2) is 0 Å². The van der Waals surface area contributed by atoms with Crippen LogP contribution in [0.25, 0.3) is 0 Å². The van der Waals surface area contributed by atoms with Gasteiger partial charge in [-0.05, 0) is 6.42 Å². The molecule has 0 rings (SSSR count). The zero-order valence-electron chi connectivity index (χ0n) is 16.7. The first-order valence-corrected chi connectivity index (χ1v) is 6.43. The minimum absolute atomic E-state index is 0.250. The molecule has 0 unspecified atom stereocenters. The van der Waals surface area contributed by atoms with E-state index in [0.29, 0.717) is 6.42 Å². The summed E-state index contributed by atoms with van der Waals surface area (Å²) in [6, 6.07) is 0. The summed E-state index contributed by atoms with van der Waals surface area (Å²) in [6.45, 7) is -0.409. The Hall–Kier alpha value is -5.30. The van der Waals surface area contributed by atoms with Crippen LogP contribution in [0.5, 0.6) is 0 Å². The number of hydrogen-bond acceptors (Lipinski definition) is 10. The molecule has 0 heterocycles. The second-order valence-corrected chi connectivity index (χ2v) is 2.09. The van der Waals surface area contributed by atoms with Gasteiger partial charge >= 0.3 is 5.97 Å².